The zero-order valence-corrected chi connectivity index (χ0v) is 10.8. The van der Waals surface area contributed by atoms with Crippen molar-refractivity contribution in [1.82, 2.24) is 4.72 Å². The monoisotopic (exact) mass is 258 g/mol. The molecule has 1 aromatic carbocycles. The number of nitrogens with two attached hydrogens (primary N) is 1. The van der Waals surface area contributed by atoms with Crippen LogP contribution in [-0.2, 0) is 16.6 Å². The molecule has 0 saturated heterocycles. The quantitative estimate of drug-likeness (QED) is 0.777. The highest BCUT2D eigenvalue weighted by Gasteiger charge is 2.18. The molecule has 0 aliphatic rings. The highest BCUT2D eigenvalue weighted by Crippen LogP contribution is 2.12. The fourth-order valence-corrected chi connectivity index (χ4v) is 2.14. The van der Waals surface area contributed by atoms with Gasteiger partial charge in [0.05, 0.1) is 12.4 Å². The van der Waals surface area contributed by atoms with E-state index < -0.39 is 15.3 Å². The van der Waals surface area contributed by atoms with Gasteiger partial charge in [-0.05, 0) is 24.6 Å². The molecule has 1 unspecified atom stereocenters. The molecule has 0 amide bonds. The minimum Gasteiger partial charge on any atom is -0.497 e. The Morgan fingerprint density at radius 3 is 2.76 bits per heavy atom. The van der Waals surface area contributed by atoms with Crippen LogP contribution in [0.3, 0.4) is 0 Å². The lowest BCUT2D eigenvalue weighted by molar-refractivity contribution is 0.414. The number of rotatable bonds is 6. The summed E-state index contributed by atoms with van der Waals surface area (Å²) in [5, 5.41) is -0.590. The molecule has 0 heterocycles. The summed E-state index contributed by atoms with van der Waals surface area (Å²) in [5.74, 6) is 0.702. The first kappa shape index (κ1) is 14.0. The van der Waals surface area contributed by atoms with E-state index in [1.54, 1.807) is 26.2 Å². The molecule has 0 bridgehead atoms. The number of hydrogen-bond donors (Lipinski definition) is 2. The van der Waals surface area contributed by atoms with Gasteiger partial charge in [-0.1, -0.05) is 12.1 Å². The SMILES string of the molecule is COc1cccc(CNS(=O)(=O)C(C)CN)c1. The molecule has 0 spiro atoms. The van der Waals surface area contributed by atoms with Gasteiger partial charge >= 0.3 is 0 Å². The molecule has 6 heteroatoms. The molecule has 1 aromatic rings. The molecule has 96 valence electrons. The molecule has 0 aromatic heterocycles. The number of sulfonamides is 1. The van der Waals surface area contributed by atoms with Crippen molar-refractivity contribution >= 4 is 10.0 Å². The van der Waals surface area contributed by atoms with E-state index in [-0.39, 0.29) is 13.1 Å². The Balaban J connectivity index is 2.67. The van der Waals surface area contributed by atoms with Crippen molar-refractivity contribution in [2.75, 3.05) is 13.7 Å². The van der Waals surface area contributed by atoms with E-state index in [0.717, 1.165) is 5.56 Å². The van der Waals surface area contributed by atoms with Gasteiger partial charge in [-0.15, -0.1) is 0 Å². The zero-order valence-electron chi connectivity index (χ0n) is 10.0. The molecule has 0 saturated carbocycles. The van der Waals surface area contributed by atoms with Crippen LogP contribution < -0.4 is 15.2 Å². The second kappa shape index (κ2) is 6.00. The van der Waals surface area contributed by atoms with Crippen LogP contribution in [0.2, 0.25) is 0 Å². The van der Waals surface area contributed by atoms with Gasteiger partial charge in [0.1, 0.15) is 5.75 Å². The average Bonchev–Trinajstić information content (AvgIpc) is 2.35. The van der Waals surface area contributed by atoms with Crippen molar-refractivity contribution in [3.8, 4) is 5.75 Å². The highest BCUT2D eigenvalue weighted by atomic mass is 32.2. The van der Waals surface area contributed by atoms with Crippen molar-refractivity contribution in [3.05, 3.63) is 29.8 Å². The van der Waals surface area contributed by atoms with E-state index in [9.17, 15) is 8.42 Å². The van der Waals surface area contributed by atoms with Crippen molar-refractivity contribution in [1.29, 1.82) is 0 Å². The minimum atomic E-state index is -3.34. The van der Waals surface area contributed by atoms with Crippen LogP contribution in [0, 0.1) is 0 Å². The molecular formula is C11H18N2O3S. The normalized spacial score (nSPS) is 13.4. The fraction of sp³-hybridized carbons (Fsp3) is 0.455. The molecule has 1 atom stereocenters. The highest BCUT2D eigenvalue weighted by molar-refractivity contribution is 7.90. The predicted molar refractivity (Wildman–Crippen MR) is 67.3 cm³/mol. The van der Waals surface area contributed by atoms with Gasteiger partial charge < -0.3 is 10.5 Å². The first-order valence-corrected chi connectivity index (χ1v) is 6.85. The van der Waals surface area contributed by atoms with E-state index in [0.29, 0.717) is 5.75 Å². The van der Waals surface area contributed by atoms with E-state index in [4.69, 9.17) is 10.5 Å². The molecular weight excluding hydrogens is 240 g/mol. The van der Waals surface area contributed by atoms with Gasteiger partial charge in [-0.25, -0.2) is 13.1 Å². The standard InChI is InChI=1S/C11H18N2O3S/c1-9(7-12)17(14,15)13-8-10-4-3-5-11(6-10)16-2/h3-6,9,13H,7-8,12H2,1-2H3. The molecule has 5 nitrogen and oxygen atoms in total. The van der Waals surface area contributed by atoms with Crippen LogP contribution in [0.25, 0.3) is 0 Å². The Morgan fingerprint density at radius 2 is 2.18 bits per heavy atom. The Bertz CT molecular complexity index is 460. The van der Waals surface area contributed by atoms with E-state index in [1.165, 1.54) is 0 Å². The van der Waals surface area contributed by atoms with Crippen LogP contribution in [-0.4, -0.2) is 27.3 Å². The van der Waals surface area contributed by atoms with Crippen molar-refractivity contribution in [2.45, 2.75) is 18.7 Å². The number of ether oxygens (including phenoxy) is 1. The summed E-state index contributed by atoms with van der Waals surface area (Å²) in [6, 6.07) is 7.24. The largest absolute Gasteiger partial charge is 0.497 e. The third kappa shape index (κ3) is 3.99. The van der Waals surface area contributed by atoms with Crippen LogP contribution >= 0.6 is 0 Å². The van der Waals surface area contributed by atoms with E-state index in [2.05, 4.69) is 4.72 Å². The van der Waals surface area contributed by atoms with Crippen LogP contribution in [0.4, 0.5) is 0 Å². The van der Waals surface area contributed by atoms with Crippen LogP contribution in [0.15, 0.2) is 24.3 Å². The molecule has 0 aliphatic carbocycles. The summed E-state index contributed by atoms with van der Waals surface area (Å²) >= 11 is 0. The molecule has 0 aliphatic heterocycles. The first-order valence-electron chi connectivity index (χ1n) is 5.31. The van der Waals surface area contributed by atoms with E-state index in [1.807, 2.05) is 12.1 Å². The maximum atomic E-state index is 11.7. The van der Waals surface area contributed by atoms with Crippen molar-refractivity contribution in [3.63, 3.8) is 0 Å². The van der Waals surface area contributed by atoms with Crippen LogP contribution in [0.1, 0.15) is 12.5 Å². The smallest absolute Gasteiger partial charge is 0.215 e. The molecule has 0 radical (unpaired) electrons. The van der Waals surface area contributed by atoms with E-state index >= 15 is 0 Å². The van der Waals surface area contributed by atoms with Gasteiger partial charge in [-0.2, -0.15) is 0 Å². The summed E-state index contributed by atoms with van der Waals surface area (Å²) < 4.78 is 30.9. The predicted octanol–water partition coefficient (Wildman–Crippen LogP) is 0.462. The molecule has 3 N–H and O–H groups in total. The summed E-state index contributed by atoms with van der Waals surface area (Å²) in [4.78, 5) is 0. The van der Waals surface area contributed by atoms with Gasteiger partial charge in [0, 0.05) is 13.1 Å². The maximum absolute atomic E-state index is 11.7. The summed E-state index contributed by atoms with van der Waals surface area (Å²) in [5.41, 5.74) is 6.18. The Hall–Kier alpha value is -1.11. The average molecular weight is 258 g/mol. The second-order valence-corrected chi connectivity index (χ2v) is 5.95. The zero-order chi connectivity index (χ0) is 12.9. The maximum Gasteiger partial charge on any atom is 0.215 e. The van der Waals surface area contributed by atoms with Crippen molar-refractivity contribution < 1.29 is 13.2 Å². The summed E-state index contributed by atoms with van der Waals surface area (Å²) in [6.45, 7) is 1.92. The lowest BCUT2D eigenvalue weighted by Crippen LogP contribution is -2.36. The third-order valence-corrected chi connectivity index (χ3v) is 4.27. The molecule has 0 fully saturated rings. The molecule has 1 rings (SSSR count). The van der Waals surface area contributed by atoms with Gasteiger partial charge in [0.15, 0.2) is 0 Å². The lowest BCUT2D eigenvalue weighted by atomic mass is 10.2. The number of nitrogens with one attached hydrogen (secondary N) is 1. The van der Waals surface area contributed by atoms with Crippen molar-refractivity contribution in [2.24, 2.45) is 5.73 Å². The first-order chi connectivity index (χ1) is 7.99. The Kier molecular flexibility index (Phi) is 4.92. The Labute approximate surface area is 102 Å². The topological polar surface area (TPSA) is 81.4 Å². The summed E-state index contributed by atoms with van der Waals surface area (Å²) in [7, 11) is -1.77. The Morgan fingerprint density at radius 1 is 1.47 bits per heavy atom. The lowest BCUT2D eigenvalue weighted by Gasteiger charge is -2.12. The van der Waals surface area contributed by atoms with Gasteiger partial charge in [-0.3, -0.25) is 0 Å². The molecule has 17 heavy (non-hydrogen) atoms. The third-order valence-electron chi connectivity index (χ3n) is 2.47. The number of hydrogen-bond acceptors (Lipinski definition) is 4. The number of methoxy groups -OCH3 is 1. The number of benzene rings is 1. The fourth-order valence-electron chi connectivity index (χ4n) is 1.24. The van der Waals surface area contributed by atoms with Gasteiger partial charge in [0.2, 0.25) is 10.0 Å². The minimum absolute atomic E-state index is 0.105. The van der Waals surface area contributed by atoms with Gasteiger partial charge in [0.25, 0.3) is 0 Å². The van der Waals surface area contributed by atoms with Crippen LogP contribution in [0.5, 0.6) is 5.75 Å². The summed E-state index contributed by atoms with van der Waals surface area (Å²) in [6.07, 6.45) is 0. The second-order valence-electron chi connectivity index (χ2n) is 3.76.